The zero-order valence-corrected chi connectivity index (χ0v) is 6.64. The van der Waals surface area contributed by atoms with E-state index in [1.807, 2.05) is 0 Å². The molecule has 0 aromatic carbocycles. The second kappa shape index (κ2) is 3.61. The third-order valence-electron chi connectivity index (χ3n) is 2.45. The zero-order valence-electron chi connectivity index (χ0n) is 6.64. The van der Waals surface area contributed by atoms with Crippen LogP contribution < -0.4 is 0 Å². The van der Waals surface area contributed by atoms with Gasteiger partial charge in [-0.05, 0) is 24.7 Å². The molecule has 1 rings (SSSR count). The van der Waals surface area contributed by atoms with E-state index < -0.39 is 0 Å². The van der Waals surface area contributed by atoms with Gasteiger partial charge in [0.1, 0.15) is 0 Å². The standard InChI is InChI=1S/C9H15N/c1-8-3-4-9(7-8)5-6-10-2/h8-9H,3-7H2,1H3. The van der Waals surface area contributed by atoms with Crippen molar-refractivity contribution in [3.63, 3.8) is 0 Å². The molecule has 0 aromatic heterocycles. The smallest absolute Gasteiger partial charge is 0.214 e. The Hall–Kier alpha value is -0.510. The summed E-state index contributed by atoms with van der Waals surface area (Å²) in [5, 5.41) is 0. The molecule has 10 heavy (non-hydrogen) atoms. The van der Waals surface area contributed by atoms with Gasteiger partial charge in [-0.25, -0.2) is 6.57 Å². The first-order chi connectivity index (χ1) is 4.83. The first-order valence-corrected chi connectivity index (χ1v) is 4.16. The molecule has 0 radical (unpaired) electrons. The minimum absolute atomic E-state index is 0.747. The molecule has 0 bridgehead atoms. The van der Waals surface area contributed by atoms with Crippen molar-refractivity contribution >= 4 is 0 Å². The highest BCUT2D eigenvalue weighted by Crippen LogP contribution is 2.32. The van der Waals surface area contributed by atoms with Crippen LogP contribution in [0.15, 0.2) is 0 Å². The number of nitrogens with zero attached hydrogens (tertiary/aromatic N) is 1. The van der Waals surface area contributed by atoms with Crippen molar-refractivity contribution in [1.82, 2.24) is 0 Å². The number of hydrogen-bond donors (Lipinski definition) is 0. The van der Waals surface area contributed by atoms with E-state index in [2.05, 4.69) is 11.8 Å². The van der Waals surface area contributed by atoms with Crippen molar-refractivity contribution in [2.24, 2.45) is 11.8 Å². The van der Waals surface area contributed by atoms with E-state index in [-0.39, 0.29) is 0 Å². The molecule has 0 heterocycles. The summed E-state index contributed by atoms with van der Waals surface area (Å²) in [6.45, 7) is 9.71. The van der Waals surface area contributed by atoms with Gasteiger partial charge in [-0.15, -0.1) is 0 Å². The lowest BCUT2D eigenvalue weighted by Gasteiger charge is -2.02. The molecule has 1 nitrogen and oxygen atoms in total. The van der Waals surface area contributed by atoms with Crippen LogP contribution in [0, 0.1) is 18.4 Å². The Morgan fingerprint density at radius 2 is 2.30 bits per heavy atom. The highest BCUT2D eigenvalue weighted by Gasteiger charge is 2.21. The van der Waals surface area contributed by atoms with Gasteiger partial charge in [-0.3, -0.25) is 0 Å². The predicted molar refractivity (Wildman–Crippen MR) is 42.6 cm³/mol. The molecule has 2 unspecified atom stereocenters. The van der Waals surface area contributed by atoms with E-state index >= 15 is 0 Å². The van der Waals surface area contributed by atoms with Crippen molar-refractivity contribution < 1.29 is 0 Å². The van der Waals surface area contributed by atoms with E-state index in [1.54, 1.807) is 0 Å². The normalized spacial score (nSPS) is 32.0. The Labute approximate surface area is 63.3 Å². The van der Waals surface area contributed by atoms with Crippen molar-refractivity contribution in [3.05, 3.63) is 11.4 Å². The average Bonchev–Trinajstić information content (AvgIpc) is 2.31. The molecule has 0 saturated heterocycles. The molecular weight excluding hydrogens is 122 g/mol. The summed E-state index contributed by atoms with van der Waals surface area (Å²) in [4.78, 5) is 3.37. The molecule has 2 atom stereocenters. The molecule has 0 spiro atoms. The van der Waals surface area contributed by atoms with Gasteiger partial charge in [0.15, 0.2) is 0 Å². The maximum atomic E-state index is 6.64. The van der Waals surface area contributed by atoms with Crippen molar-refractivity contribution in [2.45, 2.75) is 32.6 Å². The van der Waals surface area contributed by atoms with Crippen LogP contribution in [-0.2, 0) is 0 Å². The first kappa shape index (κ1) is 7.60. The SMILES string of the molecule is [C-]#[N+]CCC1CCC(C)C1. The molecule has 0 aliphatic heterocycles. The van der Waals surface area contributed by atoms with Gasteiger partial charge in [0.25, 0.3) is 0 Å². The van der Waals surface area contributed by atoms with Crippen LogP contribution >= 0.6 is 0 Å². The van der Waals surface area contributed by atoms with E-state index in [0.29, 0.717) is 0 Å². The van der Waals surface area contributed by atoms with E-state index in [1.165, 1.54) is 19.3 Å². The monoisotopic (exact) mass is 137 g/mol. The van der Waals surface area contributed by atoms with E-state index in [4.69, 9.17) is 6.57 Å². The highest BCUT2D eigenvalue weighted by atomic mass is 14.6. The summed E-state index contributed by atoms with van der Waals surface area (Å²) >= 11 is 0. The summed E-state index contributed by atoms with van der Waals surface area (Å²) in [7, 11) is 0. The minimum Gasteiger partial charge on any atom is -0.317 e. The topological polar surface area (TPSA) is 4.36 Å². The Morgan fingerprint density at radius 3 is 2.80 bits per heavy atom. The lowest BCUT2D eigenvalue weighted by molar-refractivity contribution is 0.496. The quantitative estimate of drug-likeness (QED) is 0.515. The second-order valence-electron chi connectivity index (χ2n) is 3.45. The van der Waals surface area contributed by atoms with Gasteiger partial charge in [-0.2, -0.15) is 0 Å². The molecule has 1 heteroatoms. The number of rotatable bonds is 2. The Balaban J connectivity index is 2.14. The van der Waals surface area contributed by atoms with Gasteiger partial charge < -0.3 is 4.85 Å². The van der Waals surface area contributed by atoms with Gasteiger partial charge in [-0.1, -0.05) is 13.3 Å². The number of hydrogen-bond acceptors (Lipinski definition) is 0. The maximum Gasteiger partial charge on any atom is 0.214 e. The van der Waals surface area contributed by atoms with Crippen molar-refractivity contribution in [2.75, 3.05) is 6.54 Å². The fourth-order valence-electron chi connectivity index (χ4n) is 1.83. The molecule has 1 aliphatic rings. The summed E-state index contributed by atoms with van der Waals surface area (Å²) in [6.07, 6.45) is 5.28. The van der Waals surface area contributed by atoms with Crippen molar-refractivity contribution in [3.8, 4) is 0 Å². The second-order valence-corrected chi connectivity index (χ2v) is 3.45. The molecule has 0 N–H and O–H groups in total. The lowest BCUT2D eigenvalue weighted by atomic mass is 10.0. The molecule has 0 amide bonds. The van der Waals surface area contributed by atoms with Gasteiger partial charge in [0, 0.05) is 6.42 Å². The van der Waals surface area contributed by atoms with Crippen LogP contribution in [0.5, 0.6) is 0 Å². The minimum atomic E-state index is 0.747. The lowest BCUT2D eigenvalue weighted by Crippen LogP contribution is -1.95. The first-order valence-electron chi connectivity index (χ1n) is 4.16. The van der Waals surface area contributed by atoms with Gasteiger partial charge >= 0.3 is 0 Å². The summed E-state index contributed by atoms with van der Waals surface area (Å²) in [6, 6.07) is 0. The Bertz CT molecular complexity index is 134. The largest absolute Gasteiger partial charge is 0.317 e. The van der Waals surface area contributed by atoms with Gasteiger partial charge in [0.2, 0.25) is 6.54 Å². The summed E-state index contributed by atoms with van der Waals surface area (Å²) < 4.78 is 0. The third-order valence-corrected chi connectivity index (χ3v) is 2.45. The van der Waals surface area contributed by atoms with E-state index in [0.717, 1.165) is 24.8 Å². The van der Waals surface area contributed by atoms with Crippen LogP contribution in [0.4, 0.5) is 0 Å². The summed E-state index contributed by atoms with van der Waals surface area (Å²) in [5.41, 5.74) is 0. The zero-order chi connectivity index (χ0) is 7.40. The molecule has 1 fully saturated rings. The van der Waals surface area contributed by atoms with Crippen LogP contribution in [0.2, 0.25) is 0 Å². The third kappa shape index (κ3) is 2.02. The fraction of sp³-hybridized carbons (Fsp3) is 0.889. The molecule has 56 valence electrons. The average molecular weight is 137 g/mol. The molecule has 1 saturated carbocycles. The molecule has 0 aromatic rings. The molecule has 1 aliphatic carbocycles. The van der Waals surface area contributed by atoms with Crippen LogP contribution in [0.3, 0.4) is 0 Å². The fourth-order valence-corrected chi connectivity index (χ4v) is 1.83. The molecular formula is C9H15N. The van der Waals surface area contributed by atoms with E-state index in [9.17, 15) is 0 Å². The Kier molecular flexibility index (Phi) is 2.74. The Morgan fingerprint density at radius 1 is 1.50 bits per heavy atom. The predicted octanol–water partition coefficient (Wildman–Crippen LogP) is 2.73. The highest BCUT2D eigenvalue weighted by molar-refractivity contribution is 4.75. The van der Waals surface area contributed by atoms with Crippen LogP contribution in [-0.4, -0.2) is 6.54 Å². The van der Waals surface area contributed by atoms with Crippen LogP contribution in [0.25, 0.3) is 4.85 Å². The maximum absolute atomic E-state index is 6.64. The van der Waals surface area contributed by atoms with Crippen LogP contribution in [0.1, 0.15) is 32.6 Å². The van der Waals surface area contributed by atoms with Crippen molar-refractivity contribution in [1.29, 1.82) is 0 Å². The summed E-state index contributed by atoms with van der Waals surface area (Å²) in [5.74, 6) is 1.81. The van der Waals surface area contributed by atoms with Gasteiger partial charge in [0.05, 0.1) is 0 Å².